The quantitative estimate of drug-likeness (QED) is 0.593. The third-order valence-corrected chi connectivity index (χ3v) is 2.59. The van der Waals surface area contributed by atoms with Gasteiger partial charge in [0.15, 0.2) is 0 Å². The summed E-state index contributed by atoms with van der Waals surface area (Å²) in [7, 11) is 0. The number of pyridine rings is 1. The van der Waals surface area contributed by atoms with Crippen molar-refractivity contribution < 1.29 is 19.6 Å². The summed E-state index contributed by atoms with van der Waals surface area (Å²) in [6.07, 6.45) is 1.08. The van der Waals surface area contributed by atoms with Gasteiger partial charge in [-0.2, -0.15) is 0 Å². The number of rotatable bonds is 4. The molecule has 0 amide bonds. The Morgan fingerprint density at radius 2 is 2.21 bits per heavy atom. The third-order valence-electron chi connectivity index (χ3n) is 2.59. The highest BCUT2D eigenvalue weighted by atomic mass is 16.6. The zero-order valence-corrected chi connectivity index (χ0v) is 9.90. The van der Waals surface area contributed by atoms with Gasteiger partial charge in [-0.3, -0.25) is 15.5 Å². The van der Waals surface area contributed by atoms with Crippen LogP contribution in [0.25, 0.3) is 0 Å². The summed E-state index contributed by atoms with van der Waals surface area (Å²) in [4.78, 5) is 24.8. The molecule has 1 saturated heterocycles. The average Bonchev–Trinajstić information content (AvgIpc) is 2.39. The largest absolute Gasteiger partial charge is 0.478 e. The lowest BCUT2D eigenvalue weighted by Gasteiger charge is -2.27. The summed E-state index contributed by atoms with van der Waals surface area (Å²) in [6, 6.07) is 0.984. The minimum Gasteiger partial charge on any atom is -0.478 e. The maximum atomic E-state index is 10.9. The number of aromatic nitrogens is 1. The number of morpholine rings is 1. The zero-order valence-electron chi connectivity index (χ0n) is 9.90. The molecule has 0 aliphatic carbocycles. The molecule has 2 N–H and O–H groups in total. The molecule has 9 heteroatoms. The Balaban J connectivity index is 2.23. The Morgan fingerprint density at radius 1 is 1.53 bits per heavy atom. The van der Waals surface area contributed by atoms with Gasteiger partial charge in [-0.05, 0) is 0 Å². The normalized spacial score (nSPS) is 16.0. The number of nitro groups is 1. The van der Waals surface area contributed by atoms with Crippen LogP contribution >= 0.6 is 0 Å². The highest BCUT2D eigenvalue weighted by Gasteiger charge is 2.21. The van der Waals surface area contributed by atoms with Crippen LogP contribution in [0.2, 0.25) is 0 Å². The standard InChI is InChI=1S/C10H12N4O5/c15-10(16)7-5-8(14(17)18)9(11-6-7)12-13-1-3-19-4-2-13/h5-6H,1-4H2,(H,11,12)(H,15,16). The number of aromatic carboxylic acids is 1. The molecule has 0 radical (unpaired) electrons. The predicted molar refractivity (Wildman–Crippen MR) is 63.9 cm³/mol. The number of carboxylic acids is 1. The molecule has 1 aromatic rings. The van der Waals surface area contributed by atoms with Crippen molar-refractivity contribution in [1.82, 2.24) is 9.99 Å². The van der Waals surface area contributed by atoms with Crippen molar-refractivity contribution in [2.45, 2.75) is 0 Å². The molecule has 1 aliphatic rings. The van der Waals surface area contributed by atoms with Gasteiger partial charge in [-0.15, -0.1) is 0 Å². The molecule has 1 aliphatic heterocycles. The van der Waals surface area contributed by atoms with E-state index in [1.54, 1.807) is 5.01 Å². The van der Waals surface area contributed by atoms with Crippen LogP contribution in [0.1, 0.15) is 10.4 Å². The Morgan fingerprint density at radius 3 is 2.79 bits per heavy atom. The molecular weight excluding hydrogens is 256 g/mol. The molecule has 2 rings (SSSR count). The lowest BCUT2D eigenvalue weighted by molar-refractivity contribution is -0.384. The Hall–Kier alpha value is -2.26. The molecule has 0 saturated carbocycles. The molecule has 0 aromatic carbocycles. The van der Waals surface area contributed by atoms with Crippen molar-refractivity contribution in [1.29, 1.82) is 0 Å². The van der Waals surface area contributed by atoms with Gasteiger partial charge in [-0.1, -0.05) is 0 Å². The fraction of sp³-hybridized carbons (Fsp3) is 0.400. The van der Waals surface area contributed by atoms with Crippen LogP contribution in [-0.2, 0) is 4.74 Å². The van der Waals surface area contributed by atoms with E-state index in [0.29, 0.717) is 26.3 Å². The number of hydrogen-bond donors (Lipinski definition) is 2. The summed E-state index contributed by atoms with van der Waals surface area (Å²) in [5, 5.41) is 21.5. The van der Waals surface area contributed by atoms with Crippen molar-refractivity contribution in [2.24, 2.45) is 0 Å². The van der Waals surface area contributed by atoms with Crippen LogP contribution in [0.5, 0.6) is 0 Å². The number of nitrogens with one attached hydrogen (secondary N) is 1. The zero-order chi connectivity index (χ0) is 13.8. The number of carbonyl (C=O) groups is 1. The monoisotopic (exact) mass is 268 g/mol. The number of nitrogens with zero attached hydrogens (tertiary/aromatic N) is 3. The van der Waals surface area contributed by atoms with E-state index in [0.717, 1.165) is 12.3 Å². The Kier molecular flexibility index (Phi) is 3.88. The second kappa shape index (κ2) is 5.59. The van der Waals surface area contributed by atoms with Gasteiger partial charge in [0.1, 0.15) is 0 Å². The second-order valence-corrected chi connectivity index (χ2v) is 3.87. The van der Waals surface area contributed by atoms with Gasteiger partial charge < -0.3 is 9.84 Å². The van der Waals surface area contributed by atoms with E-state index < -0.39 is 10.9 Å². The fourth-order valence-electron chi connectivity index (χ4n) is 1.62. The van der Waals surface area contributed by atoms with Crippen LogP contribution in [0.15, 0.2) is 12.3 Å². The van der Waals surface area contributed by atoms with Crippen LogP contribution in [0.3, 0.4) is 0 Å². The van der Waals surface area contributed by atoms with Crippen LogP contribution in [-0.4, -0.2) is 52.3 Å². The van der Waals surface area contributed by atoms with E-state index in [9.17, 15) is 14.9 Å². The second-order valence-electron chi connectivity index (χ2n) is 3.87. The maximum absolute atomic E-state index is 10.9. The molecule has 0 unspecified atom stereocenters. The maximum Gasteiger partial charge on any atom is 0.337 e. The third kappa shape index (κ3) is 3.14. The minimum absolute atomic E-state index is 0.0249. The van der Waals surface area contributed by atoms with Gasteiger partial charge in [0.2, 0.25) is 5.82 Å². The number of anilines is 1. The van der Waals surface area contributed by atoms with Gasteiger partial charge in [0.05, 0.1) is 23.7 Å². The first kappa shape index (κ1) is 13.2. The van der Waals surface area contributed by atoms with Crippen LogP contribution in [0.4, 0.5) is 11.5 Å². The number of hydrazine groups is 1. The van der Waals surface area contributed by atoms with Crippen LogP contribution < -0.4 is 5.43 Å². The van der Waals surface area contributed by atoms with E-state index in [1.807, 2.05) is 0 Å². The highest BCUT2D eigenvalue weighted by molar-refractivity contribution is 5.88. The molecule has 19 heavy (non-hydrogen) atoms. The Labute approximate surface area is 107 Å². The van der Waals surface area contributed by atoms with E-state index >= 15 is 0 Å². The fourth-order valence-corrected chi connectivity index (χ4v) is 1.62. The van der Waals surface area contributed by atoms with E-state index in [4.69, 9.17) is 9.84 Å². The number of hydrogen-bond acceptors (Lipinski definition) is 7. The summed E-state index contributed by atoms with van der Waals surface area (Å²) >= 11 is 0. The lowest BCUT2D eigenvalue weighted by Crippen LogP contribution is -2.40. The molecule has 0 atom stereocenters. The predicted octanol–water partition coefficient (Wildman–Crippen LogP) is 0.347. The van der Waals surface area contributed by atoms with Crippen LogP contribution in [0, 0.1) is 10.1 Å². The molecule has 102 valence electrons. The molecule has 0 spiro atoms. The number of carboxylic acid groups (broad SMARTS) is 1. The molecule has 0 bridgehead atoms. The first-order chi connectivity index (χ1) is 9.08. The van der Waals surface area contributed by atoms with Crippen molar-refractivity contribution in [3.05, 3.63) is 27.9 Å². The number of ether oxygens (including phenoxy) is 1. The summed E-state index contributed by atoms with van der Waals surface area (Å²) < 4.78 is 5.15. The van der Waals surface area contributed by atoms with E-state index in [-0.39, 0.29) is 17.1 Å². The average molecular weight is 268 g/mol. The smallest absolute Gasteiger partial charge is 0.337 e. The lowest BCUT2D eigenvalue weighted by atomic mass is 10.2. The van der Waals surface area contributed by atoms with Crippen molar-refractivity contribution in [3.63, 3.8) is 0 Å². The SMILES string of the molecule is O=C(O)c1cnc(NN2CCOCC2)c([N+](=O)[O-])c1. The molecule has 9 nitrogen and oxygen atoms in total. The summed E-state index contributed by atoms with van der Waals surface area (Å²) in [5.41, 5.74) is 2.21. The minimum atomic E-state index is -1.26. The first-order valence-corrected chi connectivity index (χ1v) is 5.55. The topological polar surface area (TPSA) is 118 Å². The van der Waals surface area contributed by atoms with E-state index in [1.165, 1.54) is 0 Å². The molecule has 1 aromatic heterocycles. The van der Waals surface area contributed by atoms with Gasteiger partial charge in [-0.25, -0.2) is 14.8 Å². The molecular formula is C10H12N4O5. The summed E-state index contributed by atoms with van der Waals surface area (Å²) in [5.74, 6) is -1.23. The highest BCUT2D eigenvalue weighted by Crippen LogP contribution is 2.23. The van der Waals surface area contributed by atoms with Crippen molar-refractivity contribution in [2.75, 3.05) is 31.7 Å². The van der Waals surface area contributed by atoms with Gasteiger partial charge in [0, 0.05) is 25.4 Å². The Bertz CT molecular complexity index is 501. The first-order valence-electron chi connectivity index (χ1n) is 5.55. The molecule has 2 heterocycles. The van der Waals surface area contributed by atoms with Gasteiger partial charge in [0.25, 0.3) is 0 Å². The van der Waals surface area contributed by atoms with Crippen molar-refractivity contribution in [3.8, 4) is 0 Å². The van der Waals surface area contributed by atoms with E-state index in [2.05, 4.69) is 10.4 Å². The molecule has 1 fully saturated rings. The van der Waals surface area contributed by atoms with Gasteiger partial charge >= 0.3 is 11.7 Å². The van der Waals surface area contributed by atoms with Crippen molar-refractivity contribution >= 4 is 17.5 Å². The summed E-state index contributed by atoms with van der Waals surface area (Å²) in [6.45, 7) is 2.18.